The standard InChI is InChI=1S/C22H16F4N2O3/c23-17-8-15(28-11-16(31-22(28)30)10-27-21(29)20(25)26)9-18(24)19(17)14-6-12-4-2-1-3-5-13(12)7-14/h1-9,16,20H,10-11H2,(H,27,29)/t16-/m0/s1. The van der Waals surface area contributed by atoms with Gasteiger partial charge in [-0.15, -0.1) is 0 Å². The van der Waals surface area contributed by atoms with Crippen molar-refractivity contribution in [3.8, 4) is 22.3 Å². The zero-order valence-corrected chi connectivity index (χ0v) is 15.9. The van der Waals surface area contributed by atoms with Crippen LogP contribution in [0.2, 0.25) is 0 Å². The van der Waals surface area contributed by atoms with E-state index in [0.29, 0.717) is 5.56 Å². The van der Waals surface area contributed by atoms with Crippen LogP contribution >= 0.6 is 0 Å². The highest BCUT2D eigenvalue weighted by molar-refractivity contribution is 5.91. The number of amides is 2. The van der Waals surface area contributed by atoms with Gasteiger partial charge in [-0.1, -0.05) is 30.3 Å². The van der Waals surface area contributed by atoms with E-state index in [1.807, 2.05) is 35.6 Å². The predicted molar refractivity (Wildman–Crippen MR) is 105 cm³/mol. The molecule has 2 amide bonds. The second-order valence-electron chi connectivity index (χ2n) is 7.01. The average Bonchev–Trinajstić information content (AvgIpc) is 3.21. The number of nitrogens with one attached hydrogen (secondary N) is 1. The Morgan fingerprint density at radius 1 is 1.03 bits per heavy atom. The Balaban J connectivity index is 1.57. The maximum Gasteiger partial charge on any atom is 0.414 e. The first kappa shape index (κ1) is 20.6. The van der Waals surface area contributed by atoms with Gasteiger partial charge in [0.2, 0.25) is 0 Å². The third kappa shape index (κ3) is 4.16. The number of benzene rings is 1. The van der Waals surface area contributed by atoms with E-state index in [9.17, 15) is 27.2 Å². The number of carbonyl (C=O) groups excluding carboxylic acids is 2. The Morgan fingerprint density at radius 2 is 1.65 bits per heavy atom. The molecule has 1 atom stereocenters. The number of anilines is 1. The average molecular weight is 432 g/mol. The van der Waals surface area contributed by atoms with Gasteiger partial charge in [0.25, 0.3) is 5.91 Å². The van der Waals surface area contributed by atoms with Crippen LogP contribution in [0, 0.1) is 11.6 Å². The van der Waals surface area contributed by atoms with Crippen LogP contribution < -0.4 is 10.2 Å². The van der Waals surface area contributed by atoms with Crippen molar-refractivity contribution in [3.05, 3.63) is 66.2 Å². The van der Waals surface area contributed by atoms with Crippen molar-refractivity contribution in [2.24, 2.45) is 0 Å². The number of hydrogen-bond acceptors (Lipinski definition) is 3. The number of hydrogen-bond donors (Lipinski definition) is 1. The van der Waals surface area contributed by atoms with Gasteiger partial charge in [0.1, 0.15) is 17.7 Å². The van der Waals surface area contributed by atoms with Gasteiger partial charge in [0, 0.05) is 0 Å². The lowest BCUT2D eigenvalue weighted by Crippen LogP contribution is -2.37. The Kier molecular flexibility index (Phi) is 5.50. The van der Waals surface area contributed by atoms with Gasteiger partial charge in [0.15, 0.2) is 0 Å². The van der Waals surface area contributed by atoms with Crippen LogP contribution in [0.1, 0.15) is 0 Å². The molecule has 4 rings (SSSR count). The smallest absolute Gasteiger partial charge is 0.414 e. The largest absolute Gasteiger partial charge is 0.442 e. The molecule has 0 radical (unpaired) electrons. The fourth-order valence-electron chi connectivity index (χ4n) is 3.48. The van der Waals surface area contributed by atoms with Crippen molar-refractivity contribution in [1.29, 1.82) is 0 Å². The molecule has 0 bridgehead atoms. The summed E-state index contributed by atoms with van der Waals surface area (Å²) < 4.78 is 59.2. The summed E-state index contributed by atoms with van der Waals surface area (Å²) in [5.41, 5.74) is 1.70. The Hall–Kier alpha value is -3.62. The topological polar surface area (TPSA) is 58.6 Å². The van der Waals surface area contributed by atoms with Gasteiger partial charge in [-0.25, -0.2) is 13.6 Å². The van der Waals surface area contributed by atoms with Gasteiger partial charge in [-0.2, -0.15) is 8.78 Å². The summed E-state index contributed by atoms with van der Waals surface area (Å²) in [6.07, 6.45) is -5.02. The van der Waals surface area contributed by atoms with Crippen LogP contribution in [-0.2, 0) is 9.53 Å². The fraction of sp³-hybridized carbons (Fsp3) is 0.182. The molecule has 5 nitrogen and oxygen atoms in total. The van der Waals surface area contributed by atoms with Gasteiger partial charge in [-0.3, -0.25) is 9.69 Å². The minimum atomic E-state index is -3.20. The first-order chi connectivity index (χ1) is 14.8. The maximum atomic E-state index is 14.9. The summed E-state index contributed by atoms with van der Waals surface area (Å²) in [6, 6.07) is 14.5. The van der Waals surface area contributed by atoms with E-state index < -0.39 is 36.2 Å². The minimum Gasteiger partial charge on any atom is -0.442 e. The molecule has 1 saturated heterocycles. The third-order valence-electron chi connectivity index (χ3n) is 4.93. The van der Waals surface area contributed by atoms with Crippen molar-refractivity contribution < 1.29 is 31.9 Å². The highest BCUT2D eigenvalue weighted by atomic mass is 19.3. The number of fused-ring (bicyclic) bond motifs is 1. The molecular formula is C22H16F4N2O3. The van der Waals surface area contributed by atoms with Gasteiger partial charge < -0.3 is 10.1 Å². The molecule has 9 heteroatoms. The van der Waals surface area contributed by atoms with Crippen molar-refractivity contribution in [2.75, 3.05) is 18.0 Å². The predicted octanol–water partition coefficient (Wildman–Crippen LogP) is 4.44. The number of alkyl halides is 2. The van der Waals surface area contributed by atoms with E-state index in [-0.39, 0.29) is 24.3 Å². The van der Waals surface area contributed by atoms with Gasteiger partial charge >= 0.3 is 12.5 Å². The summed E-state index contributed by atoms with van der Waals surface area (Å²) >= 11 is 0. The van der Waals surface area contributed by atoms with Crippen molar-refractivity contribution in [1.82, 2.24) is 5.32 Å². The lowest BCUT2D eigenvalue weighted by Gasteiger charge is -2.15. The molecule has 1 aliphatic heterocycles. The van der Waals surface area contributed by atoms with E-state index in [2.05, 4.69) is 0 Å². The van der Waals surface area contributed by atoms with Crippen LogP contribution in [0.25, 0.3) is 22.3 Å². The third-order valence-corrected chi connectivity index (χ3v) is 4.93. The molecule has 1 heterocycles. The van der Waals surface area contributed by atoms with Gasteiger partial charge in [0.05, 0.1) is 24.3 Å². The molecule has 0 unspecified atom stereocenters. The summed E-state index contributed by atoms with van der Waals surface area (Å²) in [7, 11) is 0. The second kappa shape index (κ2) is 8.25. The van der Waals surface area contributed by atoms with Crippen LogP contribution in [0.15, 0.2) is 54.6 Å². The Morgan fingerprint density at radius 3 is 2.23 bits per heavy atom. The molecular weight excluding hydrogens is 416 g/mol. The molecule has 1 aromatic rings. The maximum absolute atomic E-state index is 14.9. The number of ether oxygens (including phenoxy) is 1. The molecule has 3 aliphatic rings. The van der Waals surface area contributed by atoms with Crippen molar-refractivity contribution in [3.63, 3.8) is 0 Å². The molecule has 1 aromatic carbocycles. The second-order valence-corrected chi connectivity index (χ2v) is 7.01. The first-order valence-corrected chi connectivity index (χ1v) is 9.35. The lowest BCUT2D eigenvalue weighted by atomic mass is 10.1. The zero-order chi connectivity index (χ0) is 22.1. The number of cyclic esters (lactones) is 1. The van der Waals surface area contributed by atoms with E-state index in [0.717, 1.165) is 28.2 Å². The highest BCUT2D eigenvalue weighted by Gasteiger charge is 2.34. The summed E-state index contributed by atoms with van der Waals surface area (Å²) in [4.78, 5) is 24.0. The SMILES string of the molecule is O=C(NC[C@H]1CN(c2cc(F)c(-c3cc4cccccc-4c3)c(F)c2)C(=O)O1)C(F)F. The van der Waals surface area contributed by atoms with Gasteiger partial charge in [-0.05, 0) is 41.0 Å². The first-order valence-electron chi connectivity index (χ1n) is 9.35. The highest BCUT2D eigenvalue weighted by Crippen LogP contribution is 2.36. The quantitative estimate of drug-likeness (QED) is 0.607. The molecule has 2 aliphatic carbocycles. The van der Waals surface area contributed by atoms with Crippen LogP contribution in [0.3, 0.4) is 0 Å². The summed E-state index contributed by atoms with van der Waals surface area (Å²) in [5.74, 6) is -3.22. The van der Waals surface area contributed by atoms with E-state index in [1.54, 1.807) is 12.1 Å². The molecule has 0 saturated carbocycles. The Labute approximate surface area is 174 Å². The van der Waals surface area contributed by atoms with E-state index in [1.165, 1.54) is 0 Å². The Bertz CT molecular complexity index is 1070. The molecule has 0 spiro atoms. The van der Waals surface area contributed by atoms with Crippen molar-refractivity contribution >= 4 is 17.7 Å². The molecule has 1 fully saturated rings. The number of rotatable bonds is 5. The van der Waals surface area contributed by atoms with E-state index >= 15 is 0 Å². The minimum absolute atomic E-state index is 0.0750. The monoisotopic (exact) mass is 432 g/mol. The summed E-state index contributed by atoms with van der Waals surface area (Å²) in [6.45, 7) is -0.497. The number of carbonyl (C=O) groups is 2. The van der Waals surface area contributed by atoms with Crippen LogP contribution in [0.4, 0.5) is 28.0 Å². The molecule has 1 N–H and O–H groups in total. The lowest BCUT2D eigenvalue weighted by molar-refractivity contribution is -0.132. The van der Waals surface area contributed by atoms with E-state index in [4.69, 9.17) is 4.74 Å². The summed E-state index contributed by atoms with van der Waals surface area (Å²) in [5, 5.41) is 1.94. The van der Waals surface area contributed by atoms with Crippen LogP contribution in [-0.4, -0.2) is 37.6 Å². The zero-order valence-electron chi connectivity index (χ0n) is 15.9. The molecule has 0 aromatic heterocycles. The number of nitrogens with zero attached hydrogens (tertiary/aromatic N) is 1. The fourth-order valence-corrected chi connectivity index (χ4v) is 3.48. The van der Waals surface area contributed by atoms with Crippen molar-refractivity contribution in [2.45, 2.75) is 12.5 Å². The van der Waals surface area contributed by atoms with Crippen LogP contribution in [0.5, 0.6) is 0 Å². The normalized spacial score (nSPS) is 16.1. The molecule has 31 heavy (non-hydrogen) atoms. The molecule has 160 valence electrons. The number of halogens is 4.